The molecule has 0 spiro atoms. The highest BCUT2D eigenvalue weighted by atomic mass is 16.2. The van der Waals surface area contributed by atoms with Crippen LogP contribution in [0.15, 0.2) is 54.6 Å². The van der Waals surface area contributed by atoms with Crippen LogP contribution in [0.3, 0.4) is 0 Å². The van der Waals surface area contributed by atoms with Crippen LogP contribution in [0.2, 0.25) is 0 Å². The largest absolute Gasteiger partial charge is 0.336 e. The van der Waals surface area contributed by atoms with Crippen molar-refractivity contribution in [2.24, 2.45) is 0 Å². The monoisotopic (exact) mass is 391 g/mol. The van der Waals surface area contributed by atoms with Crippen molar-refractivity contribution in [2.75, 3.05) is 13.1 Å². The second-order valence-electron chi connectivity index (χ2n) is 7.97. The number of hydrogen-bond acceptors (Lipinski definition) is 3. The molecule has 4 amide bonds. The molecule has 2 aliphatic rings. The average molecular weight is 391 g/mol. The van der Waals surface area contributed by atoms with Crippen molar-refractivity contribution in [3.05, 3.63) is 71.3 Å². The normalized spacial score (nSPS) is 21.1. The minimum Gasteiger partial charge on any atom is -0.336 e. The number of nitrogens with one attached hydrogen (secondary N) is 1. The lowest BCUT2D eigenvalue weighted by atomic mass is 9.93. The first-order chi connectivity index (χ1) is 14.0. The molecule has 2 aromatic carbocycles. The van der Waals surface area contributed by atoms with Gasteiger partial charge >= 0.3 is 6.03 Å². The lowest BCUT2D eigenvalue weighted by Gasteiger charge is -2.30. The zero-order chi connectivity index (χ0) is 20.4. The van der Waals surface area contributed by atoms with Gasteiger partial charge in [0.25, 0.3) is 5.91 Å². The van der Waals surface area contributed by atoms with Crippen molar-refractivity contribution < 1.29 is 14.4 Å². The van der Waals surface area contributed by atoms with E-state index in [1.54, 1.807) is 11.8 Å². The molecule has 0 bridgehead atoms. The predicted molar refractivity (Wildman–Crippen MR) is 109 cm³/mol. The van der Waals surface area contributed by atoms with Gasteiger partial charge in [-0.15, -0.1) is 0 Å². The SMILES string of the molecule is C[C@]1(CCc2ccccc2)NC(=O)N(CC(=O)N2CCc3ccccc3C2)C1=O. The van der Waals surface area contributed by atoms with E-state index in [0.29, 0.717) is 25.9 Å². The molecule has 1 fully saturated rings. The third kappa shape index (κ3) is 3.88. The summed E-state index contributed by atoms with van der Waals surface area (Å²) in [6, 6.07) is 17.4. The van der Waals surface area contributed by atoms with Gasteiger partial charge in [-0.05, 0) is 42.9 Å². The summed E-state index contributed by atoms with van der Waals surface area (Å²) in [5.74, 6) is -0.528. The number of urea groups is 1. The van der Waals surface area contributed by atoms with Gasteiger partial charge < -0.3 is 10.2 Å². The van der Waals surface area contributed by atoms with Crippen molar-refractivity contribution in [2.45, 2.75) is 38.3 Å². The number of hydrogen-bond donors (Lipinski definition) is 1. The lowest BCUT2D eigenvalue weighted by molar-refractivity contribution is -0.139. The maximum Gasteiger partial charge on any atom is 0.325 e. The van der Waals surface area contributed by atoms with E-state index in [9.17, 15) is 14.4 Å². The van der Waals surface area contributed by atoms with E-state index in [0.717, 1.165) is 22.4 Å². The van der Waals surface area contributed by atoms with Gasteiger partial charge in [0.15, 0.2) is 0 Å². The number of amides is 4. The Morgan fingerprint density at radius 2 is 1.72 bits per heavy atom. The average Bonchev–Trinajstić information content (AvgIpc) is 2.96. The van der Waals surface area contributed by atoms with E-state index in [2.05, 4.69) is 11.4 Å². The molecule has 6 nitrogen and oxygen atoms in total. The van der Waals surface area contributed by atoms with Crippen molar-refractivity contribution in [1.29, 1.82) is 0 Å². The summed E-state index contributed by atoms with van der Waals surface area (Å²) in [5, 5.41) is 2.79. The number of imide groups is 1. The number of nitrogens with zero attached hydrogens (tertiary/aromatic N) is 2. The summed E-state index contributed by atoms with van der Waals surface area (Å²) in [7, 11) is 0. The van der Waals surface area contributed by atoms with Gasteiger partial charge in [0.05, 0.1) is 0 Å². The molecule has 0 radical (unpaired) electrons. The molecule has 4 rings (SSSR count). The van der Waals surface area contributed by atoms with Crippen molar-refractivity contribution in [3.63, 3.8) is 0 Å². The van der Waals surface area contributed by atoms with Crippen LogP contribution in [0.25, 0.3) is 0 Å². The number of carbonyl (C=O) groups is 3. The Morgan fingerprint density at radius 1 is 1.03 bits per heavy atom. The van der Waals surface area contributed by atoms with Gasteiger partial charge in [-0.3, -0.25) is 14.5 Å². The minimum absolute atomic E-state index is 0.199. The maximum absolute atomic E-state index is 12.9. The molecule has 0 unspecified atom stereocenters. The van der Waals surface area contributed by atoms with Crippen LogP contribution in [0.1, 0.15) is 30.0 Å². The van der Waals surface area contributed by atoms with Crippen LogP contribution in [-0.4, -0.2) is 46.3 Å². The number of aryl methyl sites for hydroxylation is 1. The summed E-state index contributed by atoms with van der Waals surface area (Å²) >= 11 is 0. The highest BCUT2D eigenvalue weighted by Gasteiger charge is 2.48. The molecule has 150 valence electrons. The molecule has 0 aromatic heterocycles. The Bertz CT molecular complexity index is 943. The van der Waals surface area contributed by atoms with Crippen LogP contribution in [-0.2, 0) is 29.0 Å². The van der Waals surface area contributed by atoms with Crippen LogP contribution in [0.5, 0.6) is 0 Å². The van der Waals surface area contributed by atoms with E-state index in [-0.39, 0.29) is 18.4 Å². The van der Waals surface area contributed by atoms with Crippen LogP contribution in [0, 0.1) is 0 Å². The number of carbonyl (C=O) groups excluding carboxylic acids is 3. The van der Waals surface area contributed by atoms with Crippen molar-refractivity contribution in [3.8, 4) is 0 Å². The summed E-state index contributed by atoms with van der Waals surface area (Å²) in [4.78, 5) is 41.0. The highest BCUT2D eigenvalue weighted by molar-refractivity contribution is 6.08. The van der Waals surface area contributed by atoms with Crippen LogP contribution >= 0.6 is 0 Å². The molecule has 0 aliphatic carbocycles. The van der Waals surface area contributed by atoms with Crippen molar-refractivity contribution in [1.82, 2.24) is 15.1 Å². The third-order valence-corrected chi connectivity index (χ3v) is 5.88. The minimum atomic E-state index is -0.984. The van der Waals surface area contributed by atoms with Gasteiger partial charge in [0.1, 0.15) is 12.1 Å². The number of fused-ring (bicyclic) bond motifs is 1. The Kier molecular flexibility index (Phi) is 5.09. The molecular formula is C23H25N3O3. The summed E-state index contributed by atoms with van der Waals surface area (Å²) < 4.78 is 0. The molecule has 2 aromatic rings. The molecular weight excluding hydrogens is 366 g/mol. The molecule has 2 heterocycles. The van der Waals surface area contributed by atoms with Gasteiger partial charge in [0.2, 0.25) is 5.91 Å². The molecule has 29 heavy (non-hydrogen) atoms. The van der Waals surface area contributed by atoms with Gasteiger partial charge in [-0.1, -0.05) is 54.6 Å². The Morgan fingerprint density at radius 3 is 2.48 bits per heavy atom. The van der Waals surface area contributed by atoms with Crippen molar-refractivity contribution >= 4 is 17.8 Å². The first-order valence-electron chi connectivity index (χ1n) is 9.99. The maximum atomic E-state index is 12.9. The predicted octanol–water partition coefficient (Wildman–Crippen LogP) is 2.51. The molecule has 2 aliphatic heterocycles. The molecule has 1 saturated heterocycles. The molecule has 1 atom stereocenters. The second-order valence-corrected chi connectivity index (χ2v) is 7.97. The third-order valence-electron chi connectivity index (χ3n) is 5.88. The Balaban J connectivity index is 1.39. The fourth-order valence-corrected chi connectivity index (χ4v) is 4.04. The van der Waals surface area contributed by atoms with E-state index in [1.165, 1.54) is 5.56 Å². The molecule has 1 N–H and O–H groups in total. The highest BCUT2D eigenvalue weighted by Crippen LogP contribution is 2.24. The van der Waals surface area contributed by atoms with E-state index >= 15 is 0 Å². The summed E-state index contributed by atoms with van der Waals surface area (Å²) in [6.45, 7) is 2.64. The lowest BCUT2D eigenvalue weighted by Crippen LogP contribution is -2.46. The number of benzene rings is 2. The molecule has 6 heteroatoms. The first kappa shape index (κ1) is 19.2. The van der Waals surface area contributed by atoms with Crippen LogP contribution < -0.4 is 5.32 Å². The fraction of sp³-hybridized carbons (Fsp3) is 0.348. The van der Waals surface area contributed by atoms with Gasteiger partial charge in [-0.2, -0.15) is 0 Å². The fourth-order valence-electron chi connectivity index (χ4n) is 4.04. The van der Waals surface area contributed by atoms with Crippen LogP contribution in [0.4, 0.5) is 4.79 Å². The van der Waals surface area contributed by atoms with E-state index in [4.69, 9.17) is 0 Å². The van der Waals surface area contributed by atoms with Gasteiger partial charge in [0, 0.05) is 13.1 Å². The topological polar surface area (TPSA) is 69.7 Å². The Labute approximate surface area is 170 Å². The van der Waals surface area contributed by atoms with Gasteiger partial charge in [-0.25, -0.2) is 4.79 Å². The second kappa shape index (κ2) is 7.70. The quantitative estimate of drug-likeness (QED) is 0.797. The smallest absolute Gasteiger partial charge is 0.325 e. The zero-order valence-electron chi connectivity index (χ0n) is 16.6. The first-order valence-corrected chi connectivity index (χ1v) is 9.99. The summed E-state index contributed by atoms with van der Waals surface area (Å²) in [5.41, 5.74) is 2.50. The zero-order valence-corrected chi connectivity index (χ0v) is 16.6. The van der Waals surface area contributed by atoms with E-state index < -0.39 is 11.6 Å². The molecule has 0 saturated carbocycles. The number of rotatable bonds is 5. The Hall–Kier alpha value is -3.15. The summed E-state index contributed by atoms with van der Waals surface area (Å²) in [6.07, 6.45) is 1.95. The van der Waals surface area contributed by atoms with E-state index in [1.807, 2.05) is 48.5 Å². The standard InChI is InChI=1S/C23H25N3O3/c1-23(13-11-17-7-3-2-4-8-17)21(28)26(22(29)24-23)16-20(27)25-14-12-18-9-5-6-10-19(18)15-25/h2-10H,11-16H2,1H3,(H,24,29)/t23-/m1/s1.